The normalized spacial score (nSPS) is 10.7. The Hall–Kier alpha value is -2.10. The molecule has 0 aliphatic rings. The molecule has 0 aliphatic heterocycles. The van der Waals surface area contributed by atoms with Crippen LogP contribution in [0.4, 0.5) is 8.78 Å². The van der Waals surface area contributed by atoms with Gasteiger partial charge in [0.05, 0.1) is 20.2 Å². The van der Waals surface area contributed by atoms with E-state index in [0.29, 0.717) is 25.6 Å². The van der Waals surface area contributed by atoms with Crippen molar-refractivity contribution in [2.24, 2.45) is 4.99 Å². The second kappa shape index (κ2) is 12.3. The van der Waals surface area contributed by atoms with E-state index >= 15 is 0 Å². The van der Waals surface area contributed by atoms with E-state index in [9.17, 15) is 8.78 Å². The highest BCUT2D eigenvalue weighted by Gasteiger charge is 2.05. The summed E-state index contributed by atoms with van der Waals surface area (Å²) in [4.78, 5) is 4.49. The molecule has 2 N–H and O–H groups in total. The zero-order valence-corrected chi connectivity index (χ0v) is 17.6. The van der Waals surface area contributed by atoms with Crippen molar-refractivity contribution < 1.29 is 18.3 Å². The Morgan fingerprint density at radius 3 is 2.44 bits per heavy atom. The number of rotatable bonds is 8. The number of benzene rings is 2. The summed E-state index contributed by atoms with van der Waals surface area (Å²) in [6, 6.07) is 10.9. The maximum Gasteiger partial charge on any atom is 0.191 e. The molecule has 27 heavy (non-hydrogen) atoms. The van der Waals surface area contributed by atoms with Crippen LogP contribution in [0.3, 0.4) is 0 Å². The monoisotopic (exact) mass is 491 g/mol. The molecule has 0 heterocycles. The lowest BCUT2D eigenvalue weighted by Gasteiger charge is -2.12. The number of ether oxygens (including phenoxy) is 2. The summed E-state index contributed by atoms with van der Waals surface area (Å²) in [5.41, 5.74) is 1.05. The standard InChI is InChI=1S/C19H23F2N3O2.HI/c1-3-22-19(24-13-14-4-7-16(25-2)8-5-14)23-10-11-26-18-9-6-15(20)12-17(18)21;/h4-9,12H,3,10-11,13H2,1-2H3,(H2,22,23,24);1H. The van der Waals surface area contributed by atoms with Gasteiger partial charge in [-0.15, -0.1) is 24.0 Å². The van der Waals surface area contributed by atoms with Gasteiger partial charge in [0.2, 0.25) is 0 Å². The van der Waals surface area contributed by atoms with Crippen molar-refractivity contribution >= 4 is 29.9 Å². The van der Waals surface area contributed by atoms with Gasteiger partial charge in [-0.3, -0.25) is 0 Å². The van der Waals surface area contributed by atoms with Crippen molar-refractivity contribution in [3.63, 3.8) is 0 Å². The predicted molar refractivity (Wildman–Crippen MR) is 113 cm³/mol. The van der Waals surface area contributed by atoms with Gasteiger partial charge >= 0.3 is 0 Å². The number of halogens is 3. The van der Waals surface area contributed by atoms with Crippen molar-refractivity contribution in [2.75, 3.05) is 26.8 Å². The molecule has 148 valence electrons. The van der Waals surface area contributed by atoms with E-state index in [0.717, 1.165) is 23.4 Å². The van der Waals surface area contributed by atoms with E-state index in [2.05, 4.69) is 15.6 Å². The van der Waals surface area contributed by atoms with Crippen LogP contribution in [0.15, 0.2) is 47.5 Å². The van der Waals surface area contributed by atoms with Crippen LogP contribution >= 0.6 is 24.0 Å². The molecule has 2 aromatic rings. The lowest BCUT2D eigenvalue weighted by molar-refractivity contribution is 0.304. The van der Waals surface area contributed by atoms with Crippen molar-refractivity contribution in [3.05, 3.63) is 59.7 Å². The number of nitrogens with zero attached hydrogens (tertiary/aromatic N) is 1. The van der Waals surface area contributed by atoms with Gasteiger partial charge in [-0.2, -0.15) is 0 Å². The fourth-order valence-corrected chi connectivity index (χ4v) is 2.17. The summed E-state index contributed by atoms with van der Waals surface area (Å²) in [5.74, 6) is 0.103. The first-order chi connectivity index (χ1) is 12.6. The largest absolute Gasteiger partial charge is 0.497 e. The first-order valence-electron chi connectivity index (χ1n) is 8.35. The molecule has 0 saturated heterocycles. The molecule has 0 saturated carbocycles. The van der Waals surface area contributed by atoms with Crippen LogP contribution in [0.2, 0.25) is 0 Å². The van der Waals surface area contributed by atoms with Gasteiger partial charge < -0.3 is 20.1 Å². The molecule has 0 aliphatic carbocycles. The van der Waals surface area contributed by atoms with Gasteiger partial charge in [-0.25, -0.2) is 13.8 Å². The maximum absolute atomic E-state index is 13.5. The Labute approximate surface area is 175 Å². The molecular formula is C19H24F2IN3O2. The Bertz CT molecular complexity index is 727. The number of hydrogen-bond donors (Lipinski definition) is 2. The van der Waals surface area contributed by atoms with Crippen LogP contribution < -0.4 is 20.1 Å². The molecule has 2 rings (SSSR count). The molecule has 0 radical (unpaired) electrons. The topological polar surface area (TPSA) is 54.9 Å². The molecule has 8 heteroatoms. The summed E-state index contributed by atoms with van der Waals surface area (Å²) < 4.78 is 36.8. The molecule has 0 bridgehead atoms. The Morgan fingerprint density at radius 2 is 1.81 bits per heavy atom. The molecule has 5 nitrogen and oxygen atoms in total. The minimum atomic E-state index is -0.718. The van der Waals surface area contributed by atoms with E-state index in [1.165, 1.54) is 6.07 Å². The fourth-order valence-electron chi connectivity index (χ4n) is 2.17. The van der Waals surface area contributed by atoms with Gasteiger partial charge in [-0.1, -0.05) is 12.1 Å². The third-order valence-corrected chi connectivity index (χ3v) is 3.47. The Morgan fingerprint density at radius 1 is 1.07 bits per heavy atom. The lowest BCUT2D eigenvalue weighted by atomic mass is 10.2. The molecular weight excluding hydrogens is 467 g/mol. The zero-order chi connectivity index (χ0) is 18.8. The predicted octanol–water partition coefficient (Wildman–Crippen LogP) is 3.73. The van der Waals surface area contributed by atoms with E-state index in [4.69, 9.17) is 9.47 Å². The smallest absolute Gasteiger partial charge is 0.191 e. The molecule has 0 amide bonds. The van der Waals surface area contributed by atoms with Crippen LogP contribution in [0.1, 0.15) is 12.5 Å². The minimum Gasteiger partial charge on any atom is -0.497 e. The first-order valence-corrected chi connectivity index (χ1v) is 8.35. The third-order valence-electron chi connectivity index (χ3n) is 3.47. The molecule has 0 fully saturated rings. The van der Waals surface area contributed by atoms with E-state index in [1.54, 1.807) is 7.11 Å². The van der Waals surface area contributed by atoms with Crippen LogP contribution in [-0.4, -0.2) is 32.8 Å². The highest BCUT2D eigenvalue weighted by atomic mass is 127. The van der Waals surface area contributed by atoms with Crippen LogP contribution in [0.5, 0.6) is 11.5 Å². The van der Waals surface area contributed by atoms with Gasteiger partial charge in [0, 0.05) is 12.6 Å². The number of methoxy groups -OCH3 is 1. The van der Waals surface area contributed by atoms with E-state index in [-0.39, 0.29) is 36.3 Å². The highest BCUT2D eigenvalue weighted by Crippen LogP contribution is 2.17. The summed E-state index contributed by atoms with van der Waals surface area (Å²) in [6.07, 6.45) is 0. The van der Waals surface area contributed by atoms with Crippen LogP contribution in [-0.2, 0) is 6.54 Å². The SMILES string of the molecule is CCNC(=NCc1ccc(OC)cc1)NCCOc1ccc(F)cc1F.I. The number of guanidine groups is 1. The second-order valence-corrected chi connectivity index (χ2v) is 5.39. The number of hydrogen-bond acceptors (Lipinski definition) is 3. The van der Waals surface area contributed by atoms with Crippen LogP contribution in [0.25, 0.3) is 0 Å². The molecule has 2 aromatic carbocycles. The molecule has 0 aromatic heterocycles. The lowest BCUT2D eigenvalue weighted by Crippen LogP contribution is -2.39. The molecule has 0 unspecified atom stereocenters. The fraction of sp³-hybridized carbons (Fsp3) is 0.316. The summed E-state index contributed by atoms with van der Waals surface area (Å²) >= 11 is 0. The van der Waals surface area contributed by atoms with Gasteiger partial charge in [0.1, 0.15) is 18.2 Å². The Balaban J connectivity index is 0.00000364. The zero-order valence-electron chi connectivity index (χ0n) is 15.3. The van der Waals surface area contributed by atoms with Gasteiger partial charge in [-0.05, 0) is 36.8 Å². The average Bonchev–Trinajstić information content (AvgIpc) is 2.65. The maximum atomic E-state index is 13.5. The van der Waals surface area contributed by atoms with Crippen molar-refractivity contribution in [1.82, 2.24) is 10.6 Å². The first kappa shape index (κ1) is 22.9. The van der Waals surface area contributed by atoms with E-state index in [1.807, 2.05) is 31.2 Å². The number of nitrogens with one attached hydrogen (secondary N) is 2. The molecule has 0 atom stereocenters. The van der Waals surface area contributed by atoms with Crippen molar-refractivity contribution in [1.29, 1.82) is 0 Å². The molecule has 0 spiro atoms. The third kappa shape index (κ3) is 7.98. The van der Waals surface area contributed by atoms with Crippen molar-refractivity contribution in [3.8, 4) is 11.5 Å². The summed E-state index contributed by atoms with van der Waals surface area (Å²) in [7, 11) is 1.63. The minimum absolute atomic E-state index is 0. The highest BCUT2D eigenvalue weighted by molar-refractivity contribution is 14.0. The second-order valence-electron chi connectivity index (χ2n) is 5.39. The Kier molecular flexibility index (Phi) is 10.5. The van der Waals surface area contributed by atoms with E-state index < -0.39 is 11.6 Å². The summed E-state index contributed by atoms with van der Waals surface area (Å²) in [6.45, 7) is 3.82. The van der Waals surface area contributed by atoms with Gasteiger partial charge in [0.25, 0.3) is 0 Å². The quantitative estimate of drug-likeness (QED) is 0.256. The van der Waals surface area contributed by atoms with Gasteiger partial charge in [0.15, 0.2) is 17.5 Å². The average molecular weight is 491 g/mol. The summed E-state index contributed by atoms with van der Waals surface area (Å²) in [5, 5.41) is 6.24. The van der Waals surface area contributed by atoms with Crippen molar-refractivity contribution in [2.45, 2.75) is 13.5 Å². The number of aliphatic imine (C=N–C) groups is 1. The van der Waals surface area contributed by atoms with Crippen LogP contribution in [0, 0.1) is 11.6 Å².